The van der Waals surface area contributed by atoms with E-state index in [0.29, 0.717) is 30.6 Å². The first-order valence-corrected chi connectivity index (χ1v) is 6.46. The van der Waals surface area contributed by atoms with E-state index in [9.17, 15) is 4.79 Å². The number of rotatable bonds is 7. The van der Waals surface area contributed by atoms with E-state index in [2.05, 4.69) is 0 Å². The van der Waals surface area contributed by atoms with Gasteiger partial charge in [0, 0.05) is 24.8 Å². The van der Waals surface area contributed by atoms with Crippen molar-refractivity contribution in [1.29, 1.82) is 5.26 Å². The number of benzene rings is 1. The maximum absolute atomic E-state index is 12.1. The minimum Gasteiger partial charge on any atom is -0.396 e. The molecule has 4 heteroatoms. The monoisotopic (exact) mass is 260 g/mol. The van der Waals surface area contributed by atoms with Crippen LogP contribution < -0.4 is 0 Å². The number of aliphatic hydroxyl groups excluding tert-OH is 1. The van der Waals surface area contributed by atoms with Crippen molar-refractivity contribution in [3.05, 3.63) is 35.4 Å². The van der Waals surface area contributed by atoms with E-state index in [1.165, 1.54) is 0 Å². The van der Waals surface area contributed by atoms with Gasteiger partial charge in [-0.15, -0.1) is 0 Å². The van der Waals surface area contributed by atoms with Crippen LogP contribution in [0.1, 0.15) is 36.2 Å². The second-order valence-corrected chi connectivity index (χ2v) is 4.75. The van der Waals surface area contributed by atoms with Gasteiger partial charge in [-0.2, -0.15) is 5.26 Å². The van der Waals surface area contributed by atoms with E-state index in [-0.39, 0.29) is 18.4 Å². The summed E-state index contributed by atoms with van der Waals surface area (Å²) in [4.78, 5) is 14.2. The first kappa shape index (κ1) is 15.4. The van der Waals surface area contributed by atoms with Crippen LogP contribution in [-0.2, 0) is 0 Å². The van der Waals surface area contributed by atoms with Gasteiger partial charge in [0.1, 0.15) is 0 Å². The van der Waals surface area contributed by atoms with E-state index < -0.39 is 0 Å². The molecule has 0 aromatic heterocycles. The predicted molar refractivity (Wildman–Crippen MR) is 73.9 cm³/mol. The second kappa shape index (κ2) is 7.67. The van der Waals surface area contributed by atoms with Gasteiger partial charge in [-0.1, -0.05) is 12.1 Å². The van der Waals surface area contributed by atoms with Crippen LogP contribution in [0.2, 0.25) is 0 Å². The molecule has 0 amide bonds. The number of carbonyl (C=O) groups is 1. The van der Waals surface area contributed by atoms with Crippen molar-refractivity contribution in [2.24, 2.45) is 0 Å². The van der Waals surface area contributed by atoms with E-state index in [4.69, 9.17) is 10.4 Å². The Balaban J connectivity index is 2.67. The summed E-state index contributed by atoms with van der Waals surface area (Å²) in [5.74, 6) is 0.0381. The fourth-order valence-electron chi connectivity index (χ4n) is 1.80. The molecule has 0 aliphatic carbocycles. The lowest BCUT2D eigenvalue weighted by atomic mass is 10.1. The number of hydrogen-bond acceptors (Lipinski definition) is 4. The summed E-state index contributed by atoms with van der Waals surface area (Å²) in [7, 11) is 0. The van der Waals surface area contributed by atoms with E-state index in [1.54, 1.807) is 24.3 Å². The molecule has 1 rings (SSSR count). The van der Waals surface area contributed by atoms with Crippen molar-refractivity contribution in [2.45, 2.75) is 26.3 Å². The first-order valence-electron chi connectivity index (χ1n) is 6.46. The standard InChI is InChI=1S/C15H20N2O2/c1-12(2)17(8-3-9-18)11-15(19)14-6-4-13(10-16)5-7-14/h4-7,12,18H,3,8-9,11H2,1-2H3. The SMILES string of the molecule is CC(C)N(CCCO)CC(=O)c1ccc(C#N)cc1. The zero-order valence-corrected chi connectivity index (χ0v) is 11.5. The molecule has 102 valence electrons. The van der Waals surface area contributed by atoms with Gasteiger partial charge in [0.2, 0.25) is 0 Å². The summed E-state index contributed by atoms with van der Waals surface area (Å²) in [6.45, 7) is 5.24. The highest BCUT2D eigenvalue weighted by Gasteiger charge is 2.14. The summed E-state index contributed by atoms with van der Waals surface area (Å²) < 4.78 is 0. The Hall–Kier alpha value is -1.70. The van der Waals surface area contributed by atoms with Crippen molar-refractivity contribution in [1.82, 2.24) is 4.90 Å². The molecule has 4 nitrogen and oxygen atoms in total. The molecule has 0 saturated heterocycles. The van der Waals surface area contributed by atoms with Gasteiger partial charge in [0.05, 0.1) is 18.2 Å². The molecule has 1 aromatic rings. The maximum atomic E-state index is 12.1. The van der Waals surface area contributed by atoms with Crippen molar-refractivity contribution in [2.75, 3.05) is 19.7 Å². The van der Waals surface area contributed by atoms with Gasteiger partial charge < -0.3 is 5.11 Å². The highest BCUT2D eigenvalue weighted by Crippen LogP contribution is 2.07. The van der Waals surface area contributed by atoms with E-state index in [0.717, 1.165) is 0 Å². The van der Waals surface area contributed by atoms with Gasteiger partial charge >= 0.3 is 0 Å². The quantitative estimate of drug-likeness (QED) is 0.760. The number of nitrogens with zero attached hydrogens (tertiary/aromatic N) is 2. The summed E-state index contributed by atoms with van der Waals surface area (Å²) in [5, 5.41) is 17.6. The predicted octanol–water partition coefficient (Wildman–Crippen LogP) is 1.83. The van der Waals surface area contributed by atoms with Crippen LogP contribution in [0.15, 0.2) is 24.3 Å². The Morgan fingerprint density at radius 3 is 2.47 bits per heavy atom. The average Bonchev–Trinajstić information content (AvgIpc) is 2.43. The molecule has 0 spiro atoms. The van der Waals surface area contributed by atoms with Gasteiger partial charge in [-0.05, 0) is 32.4 Å². The zero-order chi connectivity index (χ0) is 14.3. The minimum absolute atomic E-state index is 0.0381. The highest BCUT2D eigenvalue weighted by molar-refractivity contribution is 5.97. The highest BCUT2D eigenvalue weighted by atomic mass is 16.3. The van der Waals surface area contributed by atoms with E-state index >= 15 is 0 Å². The van der Waals surface area contributed by atoms with Crippen molar-refractivity contribution < 1.29 is 9.90 Å². The largest absolute Gasteiger partial charge is 0.396 e. The molecule has 19 heavy (non-hydrogen) atoms. The van der Waals surface area contributed by atoms with Crippen molar-refractivity contribution in [3.63, 3.8) is 0 Å². The van der Waals surface area contributed by atoms with Crippen LogP contribution in [0, 0.1) is 11.3 Å². The Labute approximate surface area is 114 Å². The lowest BCUT2D eigenvalue weighted by Gasteiger charge is -2.25. The number of aliphatic hydroxyl groups is 1. The Morgan fingerprint density at radius 1 is 1.37 bits per heavy atom. The van der Waals surface area contributed by atoms with Crippen LogP contribution in [0.5, 0.6) is 0 Å². The summed E-state index contributed by atoms with van der Waals surface area (Å²) in [5.41, 5.74) is 1.17. The smallest absolute Gasteiger partial charge is 0.176 e. The lowest BCUT2D eigenvalue weighted by molar-refractivity contribution is 0.0896. The molecule has 0 aliphatic heterocycles. The molecule has 0 bridgehead atoms. The number of hydrogen-bond donors (Lipinski definition) is 1. The molecular weight excluding hydrogens is 240 g/mol. The van der Waals surface area contributed by atoms with Crippen molar-refractivity contribution in [3.8, 4) is 6.07 Å². The van der Waals surface area contributed by atoms with Crippen LogP contribution >= 0.6 is 0 Å². The fourth-order valence-corrected chi connectivity index (χ4v) is 1.80. The van der Waals surface area contributed by atoms with Crippen LogP contribution in [-0.4, -0.2) is 41.5 Å². The topological polar surface area (TPSA) is 64.3 Å². The van der Waals surface area contributed by atoms with Gasteiger partial charge in [0.25, 0.3) is 0 Å². The number of ketones is 1. The molecule has 1 N–H and O–H groups in total. The Kier molecular flexibility index (Phi) is 6.20. The third-order valence-electron chi connectivity index (χ3n) is 3.02. The summed E-state index contributed by atoms with van der Waals surface area (Å²) in [6, 6.07) is 8.97. The third kappa shape index (κ3) is 4.82. The third-order valence-corrected chi connectivity index (χ3v) is 3.02. The summed E-state index contributed by atoms with van der Waals surface area (Å²) in [6.07, 6.45) is 0.666. The molecule has 0 atom stereocenters. The number of carbonyl (C=O) groups excluding carboxylic acids is 1. The fraction of sp³-hybridized carbons (Fsp3) is 0.467. The van der Waals surface area contributed by atoms with Crippen molar-refractivity contribution >= 4 is 5.78 Å². The van der Waals surface area contributed by atoms with Crippen LogP contribution in [0.3, 0.4) is 0 Å². The van der Waals surface area contributed by atoms with Crippen LogP contribution in [0.4, 0.5) is 0 Å². The first-order chi connectivity index (χ1) is 9.08. The number of nitriles is 1. The molecule has 1 aromatic carbocycles. The van der Waals surface area contributed by atoms with Gasteiger partial charge in [0.15, 0.2) is 5.78 Å². The van der Waals surface area contributed by atoms with E-state index in [1.807, 2.05) is 24.8 Å². The average molecular weight is 260 g/mol. The second-order valence-electron chi connectivity index (χ2n) is 4.75. The zero-order valence-electron chi connectivity index (χ0n) is 11.5. The minimum atomic E-state index is 0.0381. The molecule has 0 aliphatic rings. The Morgan fingerprint density at radius 2 is 2.00 bits per heavy atom. The summed E-state index contributed by atoms with van der Waals surface area (Å²) >= 11 is 0. The van der Waals surface area contributed by atoms with Crippen LogP contribution in [0.25, 0.3) is 0 Å². The maximum Gasteiger partial charge on any atom is 0.176 e. The van der Waals surface area contributed by atoms with Gasteiger partial charge in [-0.25, -0.2) is 0 Å². The molecule has 0 fully saturated rings. The normalized spacial score (nSPS) is 10.7. The molecule has 0 radical (unpaired) electrons. The molecule has 0 heterocycles. The lowest BCUT2D eigenvalue weighted by Crippen LogP contribution is -2.36. The van der Waals surface area contributed by atoms with Gasteiger partial charge in [-0.3, -0.25) is 9.69 Å². The molecule has 0 saturated carbocycles. The molecular formula is C15H20N2O2. The molecule has 0 unspecified atom stereocenters. The Bertz CT molecular complexity index is 446. The number of Topliss-reactive ketones (excluding diaryl/α,β-unsaturated/α-hetero) is 1.